The summed E-state index contributed by atoms with van der Waals surface area (Å²) in [4.78, 5) is 25.2. The maximum Gasteiger partial charge on any atom is 0.266 e. The SMILES string of the molecule is N#C/C(=C/N(C=O)CCCN)C(=O)N(CCO)CCO. The van der Waals surface area contributed by atoms with Gasteiger partial charge in [0.1, 0.15) is 11.6 Å². The molecule has 0 heterocycles. The van der Waals surface area contributed by atoms with Gasteiger partial charge in [0, 0.05) is 25.8 Å². The standard InChI is InChI=1S/C12H20N4O4/c13-2-1-3-15(10-19)9-11(8-14)12(20)16(4-6-17)5-7-18/h9-10,17-18H,1-7,13H2/b11-9-. The average Bonchev–Trinajstić information content (AvgIpc) is 2.47. The van der Waals surface area contributed by atoms with Crippen LogP contribution < -0.4 is 5.73 Å². The summed E-state index contributed by atoms with van der Waals surface area (Å²) >= 11 is 0. The highest BCUT2D eigenvalue weighted by atomic mass is 16.3. The summed E-state index contributed by atoms with van der Waals surface area (Å²) in [6.07, 6.45) is 2.19. The van der Waals surface area contributed by atoms with E-state index in [1.807, 2.05) is 0 Å². The van der Waals surface area contributed by atoms with E-state index >= 15 is 0 Å². The lowest BCUT2D eigenvalue weighted by atomic mass is 10.2. The van der Waals surface area contributed by atoms with Crippen LogP contribution in [0.15, 0.2) is 11.8 Å². The van der Waals surface area contributed by atoms with Gasteiger partial charge < -0.3 is 25.7 Å². The minimum Gasteiger partial charge on any atom is -0.395 e. The molecule has 0 aromatic heterocycles. The Hall–Kier alpha value is -1.95. The number of amides is 2. The van der Waals surface area contributed by atoms with Crippen molar-refractivity contribution < 1.29 is 19.8 Å². The van der Waals surface area contributed by atoms with Gasteiger partial charge in [0.25, 0.3) is 5.91 Å². The Bertz CT molecular complexity index is 372. The highest BCUT2D eigenvalue weighted by Gasteiger charge is 2.18. The molecule has 0 bridgehead atoms. The molecule has 0 radical (unpaired) electrons. The van der Waals surface area contributed by atoms with E-state index in [1.54, 1.807) is 6.07 Å². The van der Waals surface area contributed by atoms with Crippen LogP contribution in [0.5, 0.6) is 0 Å². The van der Waals surface area contributed by atoms with Gasteiger partial charge in [-0.25, -0.2) is 0 Å². The number of aliphatic hydroxyl groups is 2. The number of carbonyl (C=O) groups excluding carboxylic acids is 2. The largest absolute Gasteiger partial charge is 0.395 e. The minimum absolute atomic E-state index is 0.00228. The van der Waals surface area contributed by atoms with Crippen LogP contribution >= 0.6 is 0 Å². The predicted molar refractivity (Wildman–Crippen MR) is 70.9 cm³/mol. The number of rotatable bonds is 10. The van der Waals surface area contributed by atoms with Crippen molar-refractivity contribution in [1.82, 2.24) is 9.80 Å². The number of aliphatic hydroxyl groups excluding tert-OH is 2. The monoisotopic (exact) mass is 284 g/mol. The summed E-state index contributed by atoms with van der Waals surface area (Å²) in [7, 11) is 0. The first kappa shape index (κ1) is 18.0. The van der Waals surface area contributed by atoms with Crippen molar-refractivity contribution in [1.29, 1.82) is 5.26 Å². The molecule has 0 atom stereocenters. The van der Waals surface area contributed by atoms with Crippen LogP contribution in [0.1, 0.15) is 6.42 Å². The van der Waals surface area contributed by atoms with Crippen molar-refractivity contribution in [2.24, 2.45) is 5.73 Å². The summed E-state index contributed by atoms with van der Waals surface area (Å²) in [5, 5.41) is 26.7. The molecule has 0 aliphatic carbocycles. The molecule has 0 aromatic carbocycles. The molecule has 20 heavy (non-hydrogen) atoms. The van der Waals surface area contributed by atoms with Gasteiger partial charge in [-0.2, -0.15) is 5.26 Å². The molecule has 8 heteroatoms. The van der Waals surface area contributed by atoms with Gasteiger partial charge in [-0.05, 0) is 13.0 Å². The van der Waals surface area contributed by atoms with E-state index in [1.165, 1.54) is 4.90 Å². The van der Waals surface area contributed by atoms with Crippen molar-refractivity contribution in [3.05, 3.63) is 11.8 Å². The molecule has 0 aliphatic rings. The van der Waals surface area contributed by atoms with Crippen LogP contribution in [0.25, 0.3) is 0 Å². The van der Waals surface area contributed by atoms with Crippen molar-refractivity contribution in [3.63, 3.8) is 0 Å². The lowest BCUT2D eigenvalue weighted by Gasteiger charge is -2.21. The van der Waals surface area contributed by atoms with E-state index < -0.39 is 5.91 Å². The fourth-order valence-electron chi connectivity index (χ4n) is 1.45. The number of hydrogen-bond acceptors (Lipinski definition) is 6. The zero-order valence-electron chi connectivity index (χ0n) is 11.2. The smallest absolute Gasteiger partial charge is 0.266 e. The number of nitrogens with zero attached hydrogens (tertiary/aromatic N) is 3. The summed E-state index contributed by atoms with van der Waals surface area (Å²) in [6, 6.07) is 1.72. The van der Waals surface area contributed by atoms with Gasteiger partial charge in [-0.15, -0.1) is 0 Å². The van der Waals surface area contributed by atoms with Gasteiger partial charge in [0.05, 0.1) is 13.2 Å². The van der Waals surface area contributed by atoms with E-state index in [4.69, 9.17) is 21.2 Å². The van der Waals surface area contributed by atoms with E-state index in [2.05, 4.69) is 0 Å². The Morgan fingerprint density at radius 2 is 1.85 bits per heavy atom. The van der Waals surface area contributed by atoms with Crippen molar-refractivity contribution in [2.75, 3.05) is 39.4 Å². The third-order valence-corrected chi connectivity index (χ3v) is 2.43. The van der Waals surface area contributed by atoms with E-state index in [0.717, 1.165) is 11.1 Å². The third-order valence-electron chi connectivity index (χ3n) is 2.43. The highest BCUT2D eigenvalue weighted by Crippen LogP contribution is 2.03. The molecule has 0 saturated heterocycles. The molecule has 0 aliphatic heterocycles. The Morgan fingerprint density at radius 1 is 1.25 bits per heavy atom. The summed E-state index contributed by atoms with van der Waals surface area (Å²) in [5.74, 6) is -0.643. The first-order valence-corrected chi connectivity index (χ1v) is 6.18. The number of nitriles is 1. The van der Waals surface area contributed by atoms with Crippen LogP contribution in [0, 0.1) is 11.3 Å². The first-order chi connectivity index (χ1) is 9.64. The molecule has 0 aromatic rings. The third kappa shape index (κ3) is 6.29. The molecule has 0 spiro atoms. The first-order valence-electron chi connectivity index (χ1n) is 6.18. The maximum atomic E-state index is 12.0. The number of nitrogens with two attached hydrogens (primary N) is 1. The zero-order chi connectivity index (χ0) is 15.4. The minimum atomic E-state index is -0.643. The molecule has 8 nitrogen and oxygen atoms in total. The average molecular weight is 284 g/mol. The van der Waals surface area contributed by atoms with Gasteiger partial charge in [0.2, 0.25) is 6.41 Å². The van der Waals surface area contributed by atoms with Gasteiger partial charge in [-0.3, -0.25) is 9.59 Å². The van der Waals surface area contributed by atoms with E-state index in [0.29, 0.717) is 25.9 Å². The highest BCUT2D eigenvalue weighted by molar-refractivity contribution is 5.97. The topological polar surface area (TPSA) is 131 Å². The lowest BCUT2D eigenvalue weighted by molar-refractivity contribution is -0.127. The quantitative estimate of drug-likeness (QED) is 0.242. The predicted octanol–water partition coefficient (Wildman–Crippen LogP) is -1.99. The van der Waals surface area contributed by atoms with Gasteiger partial charge >= 0.3 is 0 Å². The zero-order valence-corrected chi connectivity index (χ0v) is 11.2. The second-order valence-electron chi connectivity index (χ2n) is 3.88. The Kier molecular flexibility index (Phi) is 9.86. The van der Waals surface area contributed by atoms with Gasteiger partial charge in [0.15, 0.2) is 0 Å². The van der Waals surface area contributed by atoms with E-state index in [9.17, 15) is 9.59 Å². The molecule has 2 amide bonds. The Morgan fingerprint density at radius 3 is 2.25 bits per heavy atom. The lowest BCUT2D eigenvalue weighted by Crippen LogP contribution is -2.37. The summed E-state index contributed by atoms with van der Waals surface area (Å²) in [5.41, 5.74) is 5.08. The van der Waals surface area contributed by atoms with Crippen LogP contribution in [0.2, 0.25) is 0 Å². The number of hydrogen-bond donors (Lipinski definition) is 3. The molecule has 0 unspecified atom stereocenters. The fourth-order valence-corrected chi connectivity index (χ4v) is 1.45. The van der Waals surface area contributed by atoms with Crippen LogP contribution in [-0.2, 0) is 9.59 Å². The molecule has 0 rings (SSSR count). The molecular formula is C12H20N4O4. The maximum absolute atomic E-state index is 12.0. The fraction of sp³-hybridized carbons (Fsp3) is 0.583. The van der Waals surface area contributed by atoms with Crippen molar-refractivity contribution in [2.45, 2.75) is 6.42 Å². The molecule has 0 saturated carbocycles. The molecule has 0 fully saturated rings. The summed E-state index contributed by atoms with van der Waals surface area (Å²) < 4.78 is 0. The molecule has 4 N–H and O–H groups in total. The van der Waals surface area contributed by atoms with Crippen LogP contribution in [0.4, 0.5) is 0 Å². The second kappa shape index (κ2) is 10.9. The van der Waals surface area contributed by atoms with Crippen LogP contribution in [0.3, 0.4) is 0 Å². The van der Waals surface area contributed by atoms with Crippen molar-refractivity contribution in [3.8, 4) is 6.07 Å². The molecule has 112 valence electrons. The van der Waals surface area contributed by atoms with Crippen LogP contribution in [-0.4, -0.2) is 71.7 Å². The normalized spacial score (nSPS) is 10.8. The van der Waals surface area contributed by atoms with E-state index in [-0.39, 0.29) is 31.9 Å². The van der Waals surface area contributed by atoms with Gasteiger partial charge in [-0.1, -0.05) is 0 Å². The second-order valence-corrected chi connectivity index (χ2v) is 3.88. The number of carbonyl (C=O) groups is 2. The molecular weight excluding hydrogens is 264 g/mol. The Balaban J connectivity index is 4.97. The summed E-state index contributed by atoms with van der Waals surface area (Å²) in [6.45, 7) is 0.127. The van der Waals surface area contributed by atoms with Crippen molar-refractivity contribution >= 4 is 12.3 Å². The Labute approximate surface area is 117 Å².